The fourth-order valence-corrected chi connectivity index (χ4v) is 1.37. The summed E-state index contributed by atoms with van der Waals surface area (Å²) in [7, 11) is 0. The van der Waals surface area contributed by atoms with Crippen LogP contribution in [0.2, 0.25) is 0 Å². The van der Waals surface area contributed by atoms with Crippen LogP contribution in [0.5, 0.6) is 0 Å². The Labute approximate surface area is 64.6 Å². The predicted octanol–water partition coefficient (Wildman–Crippen LogP) is 3.55. The molecule has 0 saturated heterocycles. The zero-order valence-electron chi connectivity index (χ0n) is 6.81. The first-order valence-corrected chi connectivity index (χ1v) is 4.06. The molecule has 0 unspecified atom stereocenters. The molecule has 0 amide bonds. The first kappa shape index (κ1) is 9.48. The third kappa shape index (κ3) is 3.49. The van der Waals surface area contributed by atoms with Gasteiger partial charge in [-0.2, -0.15) is 0 Å². The van der Waals surface area contributed by atoms with Crippen LogP contribution in [-0.2, 0) is 0 Å². The molecule has 10 heavy (non-hydrogen) atoms. The molecule has 0 radical (unpaired) electrons. The molecule has 0 aromatic rings. The van der Waals surface area contributed by atoms with Crippen molar-refractivity contribution in [3.05, 3.63) is 25.8 Å². The summed E-state index contributed by atoms with van der Waals surface area (Å²) in [6.45, 7) is 9.78. The molecule has 1 rings (SSSR count). The zero-order chi connectivity index (χ0) is 7.82. The maximum Gasteiger partial charge on any atom is -0.0236 e. The van der Waals surface area contributed by atoms with Crippen LogP contribution < -0.4 is 0 Å². The van der Waals surface area contributed by atoms with Gasteiger partial charge in [-0.3, -0.25) is 0 Å². The Morgan fingerprint density at radius 3 is 1.80 bits per heavy atom. The Kier molecular flexibility index (Phi) is 6.25. The molecule has 1 aliphatic rings. The van der Waals surface area contributed by atoms with Crippen LogP contribution in [0.1, 0.15) is 32.1 Å². The average molecular weight is 138 g/mol. The second kappa shape index (κ2) is 6.60. The van der Waals surface area contributed by atoms with Crippen LogP contribution in [0.25, 0.3) is 0 Å². The second-order valence-electron chi connectivity index (χ2n) is 2.63. The predicted molar refractivity (Wildman–Crippen MR) is 48.0 cm³/mol. The van der Waals surface area contributed by atoms with Crippen molar-refractivity contribution >= 4 is 0 Å². The summed E-state index contributed by atoms with van der Waals surface area (Å²) < 4.78 is 0. The lowest BCUT2D eigenvalue weighted by molar-refractivity contribution is 0.420. The summed E-state index contributed by atoms with van der Waals surface area (Å²) in [6.07, 6.45) is 9.20. The van der Waals surface area contributed by atoms with Crippen molar-refractivity contribution in [3.63, 3.8) is 0 Å². The van der Waals surface area contributed by atoms with Crippen LogP contribution in [0, 0.1) is 5.92 Å². The summed E-state index contributed by atoms with van der Waals surface area (Å²) in [5.74, 6) is 0.851. The van der Waals surface area contributed by atoms with Gasteiger partial charge in [0.2, 0.25) is 0 Å². The lowest BCUT2D eigenvalue weighted by Gasteiger charge is -2.16. The van der Waals surface area contributed by atoms with E-state index in [1.165, 1.54) is 32.1 Å². The minimum absolute atomic E-state index is 0.851. The number of hydrogen-bond acceptors (Lipinski definition) is 0. The van der Waals surface area contributed by atoms with Gasteiger partial charge in [-0.15, -0.1) is 19.7 Å². The molecular formula is C10H18. The van der Waals surface area contributed by atoms with E-state index in [-0.39, 0.29) is 0 Å². The van der Waals surface area contributed by atoms with Gasteiger partial charge in [-0.1, -0.05) is 25.3 Å². The maximum atomic E-state index is 3.78. The van der Waals surface area contributed by atoms with Crippen LogP contribution in [-0.4, -0.2) is 0 Å². The van der Waals surface area contributed by atoms with Crippen molar-refractivity contribution in [3.8, 4) is 0 Å². The summed E-state index contributed by atoms with van der Waals surface area (Å²) in [5, 5.41) is 0. The molecule has 58 valence electrons. The zero-order valence-corrected chi connectivity index (χ0v) is 6.81. The SMILES string of the molecule is C=C.C=CC1CCCCC1. The Balaban J connectivity index is 0.000000371. The molecule has 1 saturated carbocycles. The van der Waals surface area contributed by atoms with Gasteiger partial charge in [0, 0.05) is 0 Å². The van der Waals surface area contributed by atoms with Gasteiger partial charge in [-0.05, 0) is 18.8 Å². The Morgan fingerprint density at radius 1 is 1.00 bits per heavy atom. The van der Waals surface area contributed by atoms with E-state index in [0.29, 0.717) is 0 Å². The highest BCUT2D eigenvalue weighted by molar-refractivity contribution is 4.80. The van der Waals surface area contributed by atoms with E-state index in [1.807, 2.05) is 0 Å². The molecule has 0 bridgehead atoms. The lowest BCUT2D eigenvalue weighted by Crippen LogP contribution is -2.01. The van der Waals surface area contributed by atoms with Crippen molar-refractivity contribution in [1.29, 1.82) is 0 Å². The van der Waals surface area contributed by atoms with Crippen molar-refractivity contribution in [2.45, 2.75) is 32.1 Å². The smallest absolute Gasteiger partial charge is 0.0236 e. The van der Waals surface area contributed by atoms with Crippen LogP contribution in [0.3, 0.4) is 0 Å². The number of allylic oxidation sites excluding steroid dienone is 1. The van der Waals surface area contributed by atoms with Crippen LogP contribution in [0.4, 0.5) is 0 Å². The highest BCUT2D eigenvalue weighted by atomic mass is 14.1. The molecule has 0 atom stereocenters. The summed E-state index contributed by atoms with van der Waals surface area (Å²) in [6, 6.07) is 0. The van der Waals surface area contributed by atoms with E-state index in [1.54, 1.807) is 0 Å². The first-order chi connectivity index (χ1) is 4.93. The molecule has 0 N–H and O–H groups in total. The molecule has 0 spiro atoms. The van der Waals surface area contributed by atoms with Crippen molar-refractivity contribution in [2.24, 2.45) is 5.92 Å². The third-order valence-corrected chi connectivity index (χ3v) is 1.98. The van der Waals surface area contributed by atoms with Gasteiger partial charge in [0.15, 0.2) is 0 Å². The fraction of sp³-hybridized carbons (Fsp3) is 0.600. The molecule has 0 aromatic heterocycles. The van der Waals surface area contributed by atoms with Crippen molar-refractivity contribution < 1.29 is 0 Å². The Morgan fingerprint density at radius 2 is 1.50 bits per heavy atom. The summed E-state index contributed by atoms with van der Waals surface area (Å²) in [5.41, 5.74) is 0. The molecule has 0 aromatic carbocycles. The summed E-state index contributed by atoms with van der Waals surface area (Å²) in [4.78, 5) is 0. The number of rotatable bonds is 1. The van der Waals surface area contributed by atoms with Gasteiger partial charge in [0.1, 0.15) is 0 Å². The molecule has 0 heterocycles. The third-order valence-electron chi connectivity index (χ3n) is 1.98. The second-order valence-corrected chi connectivity index (χ2v) is 2.63. The fourth-order valence-electron chi connectivity index (χ4n) is 1.37. The topological polar surface area (TPSA) is 0 Å². The minimum Gasteiger partial charge on any atom is -0.106 e. The van der Waals surface area contributed by atoms with Crippen molar-refractivity contribution in [1.82, 2.24) is 0 Å². The average Bonchev–Trinajstić information content (AvgIpc) is 2.10. The first-order valence-electron chi connectivity index (χ1n) is 4.06. The Hall–Kier alpha value is -0.520. The van der Waals surface area contributed by atoms with Gasteiger partial charge < -0.3 is 0 Å². The molecule has 1 fully saturated rings. The highest BCUT2D eigenvalue weighted by Gasteiger charge is 2.07. The monoisotopic (exact) mass is 138 g/mol. The van der Waals surface area contributed by atoms with Gasteiger partial charge in [-0.25, -0.2) is 0 Å². The van der Waals surface area contributed by atoms with E-state index in [4.69, 9.17) is 0 Å². The lowest BCUT2D eigenvalue weighted by atomic mass is 9.90. The molecule has 0 aliphatic heterocycles. The van der Waals surface area contributed by atoms with E-state index in [9.17, 15) is 0 Å². The maximum absolute atomic E-state index is 3.78. The van der Waals surface area contributed by atoms with E-state index < -0.39 is 0 Å². The van der Waals surface area contributed by atoms with Gasteiger partial charge >= 0.3 is 0 Å². The van der Waals surface area contributed by atoms with E-state index in [2.05, 4.69) is 25.8 Å². The minimum atomic E-state index is 0.851. The van der Waals surface area contributed by atoms with Crippen LogP contribution in [0.15, 0.2) is 25.8 Å². The molecule has 1 aliphatic carbocycles. The Bertz CT molecular complexity index is 78.0. The molecular weight excluding hydrogens is 120 g/mol. The quantitative estimate of drug-likeness (QED) is 0.486. The van der Waals surface area contributed by atoms with Gasteiger partial charge in [0.25, 0.3) is 0 Å². The molecule has 0 nitrogen and oxygen atoms in total. The van der Waals surface area contributed by atoms with Gasteiger partial charge in [0.05, 0.1) is 0 Å². The highest BCUT2D eigenvalue weighted by Crippen LogP contribution is 2.23. The normalized spacial score (nSPS) is 18.8. The van der Waals surface area contributed by atoms with Crippen LogP contribution >= 0.6 is 0 Å². The number of hydrogen-bond donors (Lipinski definition) is 0. The standard InChI is InChI=1S/C8H14.C2H4/c1-2-8-6-4-3-5-7-8;1-2/h2,8H,1,3-7H2;1-2H2. The molecule has 0 heteroatoms. The van der Waals surface area contributed by atoms with Crippen molar-refractivity contribution in [2.75, 3.05) is 0 Å². The van der Waals surface area contributed by atoms with E-state index in [0.717, 1.165) is 5.92 Å². The largest absolute Gasteiger partial charge is 0.106 e. The van der Waals surface area contributed by atoms with E-state index >= 15 is 0 Å². The summed E-state index contributed by atoms with van der Waals surface area (Å²) >= 11 is 0.